The Morgan fingerprint density at radius 3 is 2.69 bits per heavy atom. The van der Waals surface area contributed by atoms with Gasteiger partial charge in [-0.3, -0.25) is 4.79 Å². The predicted molar refractivity (Wildman–Crippen MR) is 63.1 cm³/mol. The van der Waals surface area contributed by atoms with Crippen molar-refractivity contribution in [3.63, 3.8) is 0 Å². The number of ether oxygens (including phenoxy) is 1. The van der Waals surface area contributed by atoms with E-state index in [1.54, 1.807) is 0 Å². The zero-order chi connectivity index (χ0) is 11.2. The first-order valence-corrected chi connectivity index (χ1v) is 6.05. The molecule has 0 aliphatic heterocycles. The van der Waals surface area contributed by atoms with E-state index in [2.05, 4.69) is 18.2 Å². The predicted octanol–water partition coefficient (Wildman–Crippen LogP) is 3.41. The minimum Gasteiger partial charge on any atom is -0.463 e. The van der Waals surface area contributed by atoms with Gasteiger partial charge in [0.05, 0.1) is 0 Å². The van der Waals surface area contributed by atoms with Crippen LogP contribution in [0.1, 0.15) is 49.1 Å². The molecule has 1 aliphatic carbocycles. The quantitative estimate of drug-likeness (QED) is 0.724. The minimum atomic E-state index is 0.413. The second-order valence-electron chi connectivity index (χ2n) is 4.44. The minimum absolute atomic E-state index is 0.413. The molecule has 1 fully saturated rings. The highest BCUT2D eigenvalue weighted by atomic mass is 16.5. The molecule has 0 amide bonds. The summed E-state index contributed by atoms with van der Waals surface area (Å²) >= 11 is 0. The topological polar surface area (TPSA) is 26.3 Å². The zero-order valence-corrected chi connectivity index (χ0v) is 9.52. The molecule has 0 heterocycles. The Labute approximate surface area is 96.6 Å². The Balaban J connectivity index is 2.14. The third-order valence-corrected chi connectivity index (χ3v) is 3.41. The molecule has 2 heteroatoms. The van der Waals surface area contributed by atoms with Gasteiger partial charge in [-0.1, -0.05) is 43.5 Å². The van der Waals surface area contributed by atoms with Gasteiger partial charge in [-0.25, -0.2) is 0 Å². The second kappa shape index (κ2) is 5.69. The number of rotatable bonds is 4. The van der Waals surface area contributed by atoms with Gasteiger partial charge in [-0.05, 0) is 29.9 Å². The molecule has 0 aromatic heterocycles. The molecule has 2 rings (SSSR count). The van der Waals surface area contributed by atoms with Gasteiger partial charge < -0.3 is 4.74 Å². The molecule has 0 atom stereocenters. The lowest BCUT2D eigenvalue weighted by Gasteiger charge is -2.24. The second-order valence-corrected chi connectivity index (χ2v) is 4.44. The van der Waals surface area contributed by atoms with Gasteiger partial charge in [0.2, 0.25) is 0 Å². The highest BCUT2D eigenvalue weighted by Crippen LogP contribution is 2.34. The smallest absolute Gasteiger partial charge is 0.293 e. The van der Waals surface area contributed by atoms with E-state index in [-0.39, 0.29) is 0 Å². The highest BCUT2D eigenvalue weighted by Gasteiger charge is 2.17. The Kier molecular flexibility index (Phi) is 3.97. The van der Waals surface area contributed by atoms with Crippen molar-refractivity contribution in [2.75, 3.05) is 0 Å². The van der Waals surface area contributed by atoms with Gasteiger partial charge in [0.1, 0.15) is 6.61 Å². The molecule has 86 valence electrons. The van der Waals surface area contributed by atoms with Crippen LogP contribution in [-0.4, -0.2) is 6.47 Å². The monoisotopic (exact) mass is 218 g/mol. The average Bonchev–Trinajstić information content (AvgIpc) is 2.38. The summed E-state index contributed by atoms with van der Waals surface area (Å²) in [5.41, 5.74) is 2.55. The normalized spacial score (nSPS) is 17.0. The molecule has 0 N–H and O–H groups in total. The van der Waals surface area contributed by atoms with Crippen LogP contribution < -0.4 is 0 Å². The van der Waals surface area contributed by atoms with E-state index in [0.29, 0.717) is 19.0 Å². The number of carbonyl (C=O) groups excluding carboxylic acids is 1. The van der Waals surface area contributed by atoms with Crippen LogP contribution in [-0.2, 0) is 16.1 Å². The molecule has 0 radical (unpaired) electrons. The van der Waals surface area contributed by atoms with E-state index in [0.717, 1.165) is 0 Å². The Morgan fingerprint density at radius 2 is 1.94 bits per heavy atom. The summed E-state index contributed by atoms with van der Waals surface area (Å²) in [5, 5.41) is 0. The summed E-state index contributed by atoms with van der Waals surface area (Å²) in [4.78, 5) is 10.2. The van der Waals surface area contributed by atoms with Crippen molar-refractivity contribution in [1.82, 2.24) is 0 Å². The fraction of sp³-hybridized carbons (Fsp3) is 0.500. The number of benzene rings is 1. The van der Waals surface area contributed by atoms with Crippen LogP contribution in [0.5, 0.6) is 0 Å². The van der Waals surface area contributed by atoms with Gasteiger partial charge in [-0.15, -0.1) is 0 Å². The third kappa shape index (κ3) is 2.63. The van der Waals surface area contributed by atoms with Crippen molar-refractivity contribution in [2.24, 2.45) is 0 Å². The van der Waals surface area contributed by atoms with Crippen molar-refractivity contribution in [3.8, 4) is 0 Å². The van der Waals surface area contributed by atoms with Crippen molar-refractivity contribution >= 4 is 6.47 Å². The van der Waals surface area contributed by atoms with Gasteiger partial charge in [0.25, 0.3) is 6.47 Å². The molecule has 2 nitrogen and oxygen atoms in total. The van der Waals surface area contributed by atoms with E-state index in [1.165, 1.54) is 43.2 Å². The molecular formula is C14H18O2. The zero-order valence-electron chi connectivity index (χ0n) is 9.52. The van der Waals surface area contributed by atoms with Crippen LogP contribution >= 0.6 is 0 Å². The van der Waals surface area contributed by atoms with Crippen LogP contribution in [0.2, 0.25) is 0 Å². The summed E-state index contributed by atoms with van der Waals surface area (Å²) in [6.07, 6.45) is 6.57. The van der Waals surface area contributed by atoms with Gasteiger partial charge in [0, 0.05) is 0 Å². The van der Waals surface area contributed by atoms with Crippen molar-refractivity contribution in [2.45, 2.75) is 44.6 Å². The first-order chi connectivity index (χ1) is 7.92. The molecular weight excluding hydrogens is 200 g/mol. The fourth-order valence-corrected chi connectivity index (χ4v) is 2.60. The summed E-state index contributed by atoms with van der Waals surface area (Å²) in [7, 11) is 0. The molecule has 0 bridgehead atoms. The molecule has 0 saturated heterocycles. The maximum absolute atomic E-state index is 10.2. The van der Waals surface area contributed by atoms with Gasteiger partial charge in [-0.2, -0.15) is 0 Å². The number of hydrogen-bond donors (Lipinski definition) is 0. The van der Waals surface area contributed by atoms with Gasteiger partial charge >= 0.3 is 0 Å². The van der Waals surface area contributed by atoms with Crippen LogP contribution in [0.4, 0.5) is 0 Å². The van der Waals surface area contributed by atoms with Crippen LogP contribution in [0, 0.1) is 0 Å². The first-order valence-electron chi connectivity index (χ1n) is 6.05. The Hall–Kier alpha value is -1.31. The molecule has 16 heavy (non-hydrogen) atoms. The van der Waals surface area contributed by atoms with Crippen LogP contribution in [0.15, 0.2) is 24.3 Å². The maximum Gasteiger partial charge on any atom is 0.293 e. The molecule has 0 spiro atoms. The number of hydrogen-bond acceptors (Lipinski definition) is 2. The lowest BCUT2D eigenvalue weighted by atomic mass is 9.82. The van der Waals surface area contributed by atoms with E-state index < -0.39 is 0 Å². The average molecular weight is 218 g/mol. The lowest BCUT2D eigenvalue weighted by Crippen LogP contribution is -2.08. The number of carbonyl (C=O) groups is 1. The highest BCUT2D eigenvalue weighted by molar-refractivity contribution is 5.38. The van der Waals surface area contributed by atoms with Gasteiger partial charge in [0.15, 0.2) is 0 Å². The molecule has 1 aromatic rings. The Morgan fingerprint density at radius 1 is 1.19 bits per heavy atom. The van der Waals surface area contributed by atoms with E-state index in [9.17, 15) is 4.79 Å². The maximum atomic E-state index is 10.2. The largest absolute Gasteiger partial charge is 0.463 e. The van der Waals surface area contributed by atoms with Crippen molar-refractivity contribution in [1.29, 1.82) is 0 Å². The molecule has 1 aromatic carbocycles. The summed E-state index contributed by atoms with van der Waals surface area (Å²) in [6.45, 7) is 0.938. The summed E-state index contributed by atoms with van der Waals surface area (Å²) < 4.78 is 4.87. The molecule has 1 saturated carbocycles. The Bertz CT molecular complexity index is 340. The van der Waals surface area contributed by atoms with Crippen molar-refractivity contribution < 1.29 is 9.53 Å². The molecule has 1 aliphatic rings. The SMILES string of the molecule is O=COCc1ccccc1C1CCCCC1. The summed E-state index contributed by atoms with van der Waals surface area (Å²) in [5.74, 6) is 0.667. The fourth-order valence-electron chi connectivity index (χ4n) is 2.60. The van der Waals surface area contributed by atoms with E-state index in [1.807, 2.05) is 6.07 Å². The van der Waals surface area contributed by atoms with E-state index in [4.69, 9.17) is 4.74 Å². The van der Waals surface area contributed by atoms with Crippen LogP contribution in [0.25, 0.3) is 0 Å². The third-order valence-electron chi connectivity index (χ3n) is 3.41. The lowest BCUT2D eigenvalue weighted by molar-refractivity contribution is -0.129. The standard InChI is InChI=1S/C14H18O2/c15-11-16-10-13-8-4-5-9-14(13)12-6-2-1-3-7-12/h4-5,8-9,11-12H,1-3,6-7,10H2. The first kappa shape index (κ1) is 11.2. The van der Waals surface area contributed by atoms with Crippen molar-refractivity contribution in [3.05, 3.63) is 35.4 Å². The van der Waals surface area contributed by atoms with E-state index >= 15 is 0 Å². The van der Waals surface area contributed by atoms with Crippen LogP contribution in [0.3, 0.4) is 0 Å². The molecule has 0 unspecified atom stereocenters. The summed E-state index contributed by atoms with van der Waals surface area (Å²) in [6, 6.07) is 8.33.